The second kappa shape index (κ2) is 43.5. The standard InChI is InChI=1S/C48H87NO5/c1-3-5-7-9-11-13-15-17-19-21-24-28-32-36-40-46(51)45(44-50)49-47(52)41-37-33-29-25-23-27-31-35-39-43-54-48(53)42-38-34-30-26-22-20-18-16-14-12-10-8-6-4-2/h10,12,16,18,25,29,36,40,45-46,50-51H,3-9,11,13-15,17,19-24,26-28,30-35,37-39,41-44H2,1-2H3,(H,49,52)/b12-10-,18-16-,29-25-,40-36+. The summed E-state index contributed by atoms with van der Waals surface area (Å²) in [4.78, 5) is 24.4. The summed E-state index contributed by atoms with van der Waals surface area (Å²) in [5.74, 6) is -0.186. The van der Waals surface area contributed by atoms with Gasteiger partial charge in [-0.25, -0.2) is 0 Å². The molecular formula is C48H87NO5. The first-order chi connectivity index (χ1) is 26.5. The van der Waals surface area contributed by atoms with Crippen molar-refractivity contribution in [1.29, 1.82) is 0 Å². The molecule has 0 aromatic rings. The highest BCUT2D eigenvalue weighted by Gasteiger charge is 2.17. The minimum atomic E-state index is -0.876. The fraction of sp³-hybridized carbons (Fsp3) is 0.792. The van der Waals surface area contributed by atoms with E-state index in [1.807, 2.05) is 6.08 Å². The first-order valence-electron chi connectivity index (χ1n) is 22.9. The summed E-state index contributed by atoms with van der Waals surface area (Å²) in [6, 6.07) is -0.666. The van der Waals surface area contributed by atoms with Crippen molar-refractivity contribution in [2.24, 2.45) is 0 Å². The van der Waals surface area contributed by atoms with E-state index >= 15 is 0 Å². The average Bonchev–Trinajstić information content (AvgIpc) is 3.17. The zero-order valence-corrected chi connectivity index (χ0v) is 35.4. The van der Waals surface area contributed by atoms with E-state index in [2.05, 4.69) is 55.6 Å². The molecule has 314 valence electrons. The normalized spacial score (nSPS) is 13.2. The number of esters is 1. The number of amides is 1. The zero-order valence-electron chi connectivity index (χ0n) is 35.4. The molecule has 0 aliphatic carbocycles. The number of nitrogens with one attached hydrogen (secondary N) is 1. The molecule has 0 aromatic heterocycles. The van der Waals surface area contributed by atoms with E-state index in [-0.39, 0.29) is 18.5 Å². The van der Waals surface area contributed by atoms with Crippen LogP contribution in [0.15, 0.2) is 48.6 Å². The van der Waals surface area contributed by atoms with Crippen LogP contribution in [0.2, 0.25) is 0 Å². The van der Waals surface area contributed by atoms with E-state index in [0.29, 0.717) is 19.4 Å². The summed E-state index contributed by atoms with van der Waals surface area (Å²) in [6.45, 7) is 4.74. The molecule has 1 amide bonds. The van der Waals surface area contributed by atoms with Crippen molar-refractivity contribution in [2.75, 3.05) is 13.2 Å². The lowest BCUT2D eigenvalue weighted by Crippen LogP contribution is -2.45. The smallest absolute Gasteiger partial charge is 0.305 e. The molecule has 6 heteroatoms. The van der Waals surface area contributed by atoms with Gasteiger partial charge in [-0.1, -0.05) is 178 Å². The van der Waals surface area contributed by atoms with E-state index in [0.717, 1.165) is 83.5 Å². The Balaban J connectivity index is 3.62. The molecular weight excluding hydrogens is 671 g/mol. The van der Waals surface area contributed by atoms with Gasteiger partial charge in [0.15, 0.2) is 0 Å². The van der Waals surface area contributed by atoms with Gasteiger partial charge in [0.05, 0.1) is 25.4 Å². The summed E-state index contributed by atoms with van der Waals surface area (Å²) >= 11 is 0. The minimum absolute atomic E-state index is 0.0540. The van der Waals surface area contributed by atoms with Gasteiger partial charge in [0.2, 0.25) is 5.91 Å². The first kappa shape index (κ1) is 51.8. The van der Waals surface area contributed by atoms with Crippen LogP contribution in [0.4, 0.5) is 0 Å². The molecule has 0 heterocycles. The highest BCUT2D eigenvalue weighted by atomic mass is 16.5. The van der Waals surface area contributed by atoms with E-state index < -0.39 is 12.1 Å². The van der Waals surface area contributed by atoms with Crippen molar-refractivity contribution in [3.05, 3.63) is 48.6 Å². The molecule has 0 radical (unpaired) electrons. The highest BCUT2D eigenvalue weighted by molar-refractivity contribution is 5.76. The molecule has 54 heavy (non-hydrogen) atoms. The Morgan fingerprint density at radius 2 is 0.963 bits per heavy atom. The maximum Gasteiger partial charge on any atom is 0.305 e. The molecule has 0 saturated heterocycles. The lowest BCUT2D eigenvalue weighted by molar-refractivity contribution is -0.143. The van der Waals surface area contributed by atoms with Crippen molar-refractivity contribution in [2.45, 2.75) is 231 Å². The minimum Gasteiger partial charge on any atom is -0.466 e. The van der Waals surface area contributed by atoms with E-state index in [9.17, 15) is 19.8 Å². The molecule has 0 saturated carbocycles. The molecule has 0 bridgehead atoms. The summed E-state index contributed by atoms with van der Waals surface area (Å²) < 4.78 is 5.41. The van der Waals surface area contributed by atoms with E-state index in [1.54, 1.807) is 6.08 Å². The van der Waals surface area contributed by atoms with Crippen LogP contribution < -0.4 is 5.32 Å². The molecule has 6 nitrogen and oxygen atoms in total. The maximum absolute atomic E-state index is 12.4. The van der Waals surface area contributed by atoms with Crippen LogP contribution in [0.25, 0.3) is 0 Å². The van der Waals surface area contributed by atoms with Crippen LogP contribution in [0.1, 0.15) is 219 Å². The SMILES string of the molecule is CCCC/C=C\C/C=C\CCCCCCCC(=O)OCCCCCC/C=C\CCCC(=O)NC(CO)C(O)/C=C/CCCCCCCCCCCCCC. The second-order valence-electron chi connectivity index (χ2n) is 15.4. The molecule has 0 aliphatic heterocycles. The number of rotatable bonds is 41. The Morgan fingerprint density at radius 1 is 0.519 bits per heavy atom. The third kappa shape index (κ3) is 39.5. The van der Waals surface area contributed by atoms with Gasteiger partial charge < -0.3 is 20.3 Å². The number of carbonyl (C=O) groups is 2. The number of aliphatic hydroxyl groups is 2. The number of aliphatic hydroxyl groups excluding tert-OH is 2. The number of allylic oxidation sites excluding steroid dienone is 7. The summed E-state index contributed by atoms with van der Waals surface area (Å²) in [5, 5.41) is 22.9. The Kier molecular flexibility index (Phi) is 41.8. The van der Waals surface area contributed by atoms with Gasteiger partial charge in [-0.2, -0.15) is 0 Å². The second-order valence-corrected chi connectivity index (χ2v) is 15.4. The van der Waals surface area contributed by atoms with Crippen LogP contribution in [-0.2, 0) is 14.3 Å². The molecule has 0 fully saturated rings. The topological polar surface area (TPSA) is 95.9 Å². The van der Waals surface area contributed by atoms with Gasteiger partial charge in [-0.05, 0) is 77.0 Å². The number of hydrogen-bond acceptors (Lipinski definition) is 5. The Hall–Kier alpha value is -2.18. The van der Waals surface area contributed by atoms with Crippen LogP contribution in [0.5, 0.6) is 0 Å². The fourth-order valence-corrected chi connectivity index (χ4v) is 6.47. The highest BCUT2D eigenvalue weighted by Crippen LogP contribution is 2.13. The molecule has 2 unspecified atom stereocenters. The van der Waals surface area contributed by atoms with E-state index in [4.69, 9.17) is 4.74 Å². The molecule has 2 atom stereocenters. The Labute approximate surface area is 334 Å². The first-order valence-corrected chi connectivity index (χ1v) is 22.9. The van der Waals surface area contributed by atoms with Gasteiger partial charge in [-0.3, -0.25) is 9.59 Å². The van der Waals surface area contributed by atoms with Crippen molar-refractivity contribution in [3.8, 4) is 0 Å². The quantitative estimate of drug-likeness (QED) is 0.0328. The predicted octanol–water partition coefficient (Wildman–Crippen LogP) is 13.1. The zero-order chi connectivity index (χ0) is 39.4. The number of hydrogen-bond donors (Lipinski definition) is 3. The molecule has 0 rings (SSSR count). The summed E-state index contributed by atoms with van der Waals surface area (Å²) in [5.41, 5.74) is 0. The molecule has 0 spiro atoms. The predicted molar refractivity (Wildman–Crippen MR) is 232 cm³/mol. The lowest BCUT2D eigenvalue weighted by atomic mass is 10.0. The van der Waals surface area contributed by atoms with Gasteiger partial charge in [-0.15, -0.1) is 0 Å². The van der Waals surface area contributed by atoms with Crippen molar-refractivity contribution >= 4 is 11.9 Å². The summed E-state index contributed by atoms with van der Waals surface area (Å²) in [7, 11) is 0. The number of carbonyl (C=O) groups excluding carboxylic acids is 2. The largest absolute Gasteiger partial charge is 0.466 e. The van der Waals surface area contributed by atoms with Crippen molar-refractivity contribution < 1.29 is 24.5 Å². The molecule has 3 N–H and O–H groups in total. The third-order valence-corrected chi connectivity index (χ3v) is 10.1. The Bertz CT molecular complexity index is 926. The number of ether oxygens (including phenoxy) is 1. The summed E-state index contributed by atoms with van der Waals surface area (Å²) in [6.07, 6.45) is 52.4. The van der Waals surface area contributed by atoms with Crippen LogP contribution in [0, 0.1) is 0 Å². The lowest BCUT2D eigenvalue weighted by Gasteiger charge is -2.19. The third-order valence-electron chi connectivity index (χ3n) is 10.1. The molecule has 0 aliphatic rings. The number of unbranched alkanes of at least 4 members (excludes halogenated alkanes) is 24. The van der Waals surface area contributed by atoms with Gasteiger partial charge >= 0.3 is 5.97 Å². The van der Waals surface area contributed by atoms with Crippen molar-refractivity contribution in [3.63, 3.8) is 0 Å². The fourth-order valence-electron chi connectivity index (χ4n) is 6.47. The average molecular weight is 758 g/mol. The van der Waals surface area contributed by atoms with Crippen LogP contribution in [0.3, 0.4) is 0 Å². The molecule has 0 aromatic carbocycles. The van der Waals surface area contributed by atoms with E-state index in [1.165, 1.54) is 109 Å². The van der Waals surface area contributed by atoms with Crippen molar-refractivity contribution in [1.82, 2.24) is 5.32 Å². The van der Waals surface area contributed by atoms with Crippen LogP contribution >= 0.6 is 0 Å². The van der Waals surface area contributed by atoms with Gasteiger partial charge in [0.1, 0.15) is 0 Å². The Morgan fingerprint density at radius 3 is 1.52 bits per heavy atom. The van der Waals surface area contributed by atoms with Gasteiger partial charge in [0.25, 0.3) is 0 Å². The van der Waals surface area contributed by atoms with Crippen LogP contribution in [-0.4, -0.2) is 47.4 Å². The monoisotopic (exact) mass is 758 g/mol. The van der Waals surface area contributed by atoms with Gasteiger partial charge in [0, 0.05) is 12.8 Å². The maximum atomic E-state index is 12.4.